The van der Waals surface area contributed by atoms with Crippen molar-refractivity contribution in [2.24, 2.45) is 0 Å². The lowest BCUT2D eigenvalue weighted by Gasteiger charge is -2.08. The number of nitrogens with zero attached hydrogens (tertiary/aromatic N) is 2. The Morgan fingerprint density at radius 1 is 1.29 bits per heavy atom. The highest BCUT2D eigenvalue weighted by molar-refractivity contribution is 5.24. The highest BCUT2D eigenvalue weighted by Gasteiger charge is 2.27. The SMILES string of the molecule is CCNCCc1c(C)nn(CCCOCC(F)(F)F)c1C. The van der Waals surface area contributed by atoms with E-state index in [0.717, 1.165) is 30.9 Å². The fraction of sp³-hybridized carbons (Fsp3) is 0.786. The molecule has 21 heavy (non-hydrogen) atoms. The summed E-state index contributed by atoms with van der Waals surface area (Å²) >= 11 is 0. The lowest BCUT2D eigenvalue weighted by Crippen LogP contribution is -2.18. The van der Waals surface area contributed by atoms with Crippen LogP contribution in [0.2, 0.25) is 0 Å². The molecule has 4 nitrogen and oxygen atoms in total. The van der Waals surface area contributed by atoms with Gasteiger partial charge in [-0.15, -0.1) is 0 Å². The summed E-state index contributed by atoms with van der Waals surface area (Å²) in [6.45, 7) is 7.34. The molecule has 0 atom stereocenters. The van der Waals surface area contributed by atoms with E-state index in [1.165, 1.54) is 5.56 Å². The number of halogens is 3. The quantitative estimate of drug-likeness (QED) is 0.713. The fourth-order valence-electron chi connectivity index (χ4n) is 2.21. The molecule has 1 heterocycles. The van der Waals surface area contributed by atoms with E-state index in [4.69, 9.17) is 0 Å². The van der Waals surface area contributed by atoms with Crippen LogP contribution in [0.4, 0.5) is 13.2 Å². The van der Waals surface area contributed by atoms with E-state index >= 15 is 0 Å². The molecule has 1 N–H and O–H groups in total. The predicted molar refractivity (Wildman–Crippen MR) is 75.4 cm³/mol. The van der Waals surface area contributed by atoms with E-state index in [0.29, 0.717) is 13.0 Å². The Kier molecular flexibility index (Phi) is 7.17. The number of nitrogens with one attached hydrogen (secondary N) is 1. The van der Waals surface area contributed by atoms with E-state index in [9.17, 15) is 13.2 Å². The predicted octanol–water partition coefficient (Wildman–Crippen LogP) is 2.62. The summed E-state index contributed by atoms with van der Waals surface area (Å²) in [4.78, 5) is 0. The molecule has 0 aliphatic rings. The van der Waals surface area contributed by atoms with Crippen LogP contribution in [0.3, 0.4) is 0 Å². The highest BCUT2D eigenvalue weighted by Crippen LogP contribution is 2.15. The van der Waals surface area contributed by atoms with E-state index in [2.05, 4.69) is 22.1 Å². The number of rotatable bonds is 9. The van der Waals surface area contributed by atoms with Crippen molar-refractivity contribution in [1.82, 2.24) is 15.1 Å². The van der Waals surface area contributed by atoms with Crippen LogP contribution in [0.5, 0.6) is 0 Å². The molecule has 122 valence electrons. The topological polar surface area (TPSA) is 39.1 Å². The summed E-state index contributed by atoms with van der Waals surface area (Å²) in [6, 6.07) is 0. The number of hydrogen-bond acceptors (Lipinski definition) is 3. The van der Waals surface area contributed by atoms with Gasteiger partial charge in [0, 0.05) is 18.8 Å². The second kappa shape index (κ2) is 8.38. The minimum atomic E-state index is -4.25. The van der Waals surface area contributed by atoms with Crippen LogP contribution in [0, 0.1) is 13.8 Å². The monoisotopic (exact) mass is 307 g/mol. The first-order valence-corrected chi connectivity index (χ1v) is 7.23. The van der Waals surface area contributed by atoms with Gasteiger partial charge < -0.3 is 10.1 Å². The molecule has 0 radical (unpaired) electrons. The number of likely N-dealkylation sites (N-methyl/N-ethyl adjacent to an activating group) is 1. The van der Waals surface area contributed by atoms with Gasteiger partial charge in [-0.2, -0.15) is 18.3 Å². The van der Waals surface area contributed by atoms with E-state index in [1.807, 2.05) is 18.5 Å². The van der Waals surface area contributed by atoms with Gasteiger partial charge >= 0.3 is 6.18 Å². The molecule has 1 aromatic rings. The molecule has 0 aliphatic carbocycles. The molecule has 0 saturated heterocycles. The van der Waals surface area contributed by atoms with Crippen molar-refractivity contribution in [3.05, 3.63) is 17.0 Å². The summed E-state index contributed by atoms with van der Waals surface area (Å²) in [5, 5.41) is 7.72. The van der Waals surface area contributed by atoms with Gasteiger partial charge in [0.15, 0.2) is 0 Å². The Morgan fingerprint density at radius 3 is 2.62 bits per heavy atom. The molecular formula is C14H24F3N3O. The highest BCUT2D eigenvalue weighted by atomic mass is 19.4. The second-order valence-corrected chi connectivity index (χ2v) is 5.00. The summed E-state index contributed by atoms with van der Waals surface area (Å²) in [5.41, 5.74) is 3.29. The largest absolute Gasteiger partial charge is 0.411 e. The van der Waals surface area contributed by atoms with Crippen LogP contribution in [0.1, 0.15) is 30.3 Å². The lowest BCUT2D eigenvalue weighted by atomic mass is 10.1. The molecule has 1 rings (SSSR count). The molecule has 0 fully saturated rings. The standard InChI is InChI=1S/C14H24F3N3O/c1-4-18-7-6-13-11(2)19-20(12(13)3)8-5-9-21-10-14(15,16)17/h18H,4-10H2,1-3H3. The van der Waals surface area contributed by atoms with Crippen molar-refractivity contribution in [2.75, 3.05) is 26.3 Å². The normalized spacial score (nSPS) is 12.1. The summed E-state index contributed by atoms with van der Waals surface area (Å²) in [6.07, 6.45) is -2.82. The number of alkyl halides is 3. The molecule has 1 aromatic heterocycles. The van der Waals surface area contributed by atoms with Crippen molar-refractivity contribution >= 4 is 0 Å². The van der Waals surface area contributed by atoms with E-state index in [-0.39, 0.29) is 6.61 Å². The van der Waals surface area contributed by atoms with Gasteiger partial charge in [0.2, 0.25) is 0 Å². The maximum atomic E-state index is 11.9. The van der Waals surface area contributed by atoms with Crippen LogP contribution in [0.25, 0.3) is 0 Å². The first-order valence-electron chi connectivity index (χ1n) is 7.23. The van der Waals surface area contributed by atoms with Crippen LogP contribution in [-0.4, -0.2) is 42.3 Å². The smallest absolute Gasteiger partial charge is 0.372 e. The number of aromatic nitrogens is 2. The van der Waals surface area contributed by atoms with Gasteiger partial charge in [0.05, 0.1) is 5.69 Å². The molecular weight excluding hydrogens is 283 g/mol. The molecule has 7 heteroatoms. The zero-order valence-electron chi connectivity index (χ0n) is 12.9. The third-order valence-corrected chi connectivity index (χ3v) is 3.26. The molecule has 0 spiro atoms. The van der Waals surface area contributed by atoms with Crippen molar-refractivity contribution < 1.29 is 17.9 Å². The zero-order chi connectivity index (χ0) is 15.9. The molecule has 0 unspecified atom stereocenters. The van der Waals surface area contributed by atoms with Crippen molar-refractivity contribution in [3.63, 3.8) is 0 Å². The summed E-state index contributed by atoms with van der Waals surface area (Å²) < 4.78 is 42.2. The number of aryl methyl sites for hydroxylation is 2. The molecule has 0 aliphatic heterocycles. The number of ether oxygens (including phenoxy) is 1. The van der Waals surface area contributed by atoms with E-state index in [1.54, 1.807) is 0 Å². The summed E-state index contributed by atoms with van der Waals surface area (Å²) in [5.74, 6) is 0. The van der Waals surface area contributed by atoms with Gasteiger partial charge in [-0.25, -0.2) is 0 Å². The van der Waals surface area contributed by atoms with Gasteiger partial charge in [-0.1, -0.05) is 6.92 Å². The van der Waals surface area contributed by atoms with Gasteiger partial charge in [0.1, 0.15) is 6.61 Å². The second-order valence-electron chi connectivity index (χ2n) is 5.00. The van der Waals surface area contributed by atoms with Crippen molar-refractivity contribution in [2.45, 2.75) is 46.3 Å². The summed E-state index contributed by atoms with van der Waals surface area (Å²) in [7, 11) is 0. The first-order chi connectivity index (χ1) is 9.85. The first kappa shape index (κ1) is 18.0. The average molecular weight is 307 g/mol. The Labute approximate surface area is 123 Å². The lowest BCUT2D eigenvalue weighted by molar-refractivity contribution is -0.174. The average Bonchev–Trinajstić information content (AvgIpc) is 2.65. The molecule has 0 bridgehead atoms. The Balaban J connectivity index is 2.40. The Hall–Kier alpha value is -1.08. The van der Waals surface area contributed by atoms with Gasteiger partial charge in [-0.3, -0.25) is 4.68 Å². The third kappa shape index (κ3) is 6.48. The maximum Gasteiger partial charge on any atom is 0.411 e. The van der Waals surface area contributed by atoms with Crippen LogP contribution in [-0.2, 0) is 17.7 Å². The van der Waals surface area contributed by atoms with Gasteiger partial charge in [0.25, 0.3) is 0 Å². The number of hydrogen-bond donors (Lipinski definition) is 1. The maximum absolute atomic E-state index is 11.9. The fourth-order valence-corrected chi connectivity index (χ4v) is 2.21. The van der Waals surface area contributed by atoms with Crippen molar-refractivity contribution in [3.8, 4) is 0 Å². The zero-order valence-corrected chi connectivity index (χ0v) is 12.9. The van der Waals surface area contributed by atoms with Crippen LogP contribution in [0.15, 0.2) is 0 Å². The molecule has 0 aromatic carbocycles. The Bertz CT molecular complexity index is 430. The van der Waals surface area contributed by atoms with Gasteiger partial charge in [-0.05, 0) is 45.3 Å². The van der Waals surface area contributed by atoms with Crippen LogP contribution >= 0.6 is 0 Å². The Morgan fingerprint density at radius 2 is 2.00 bits per heavy atom. The molecule has 0 amide bonds. The minimum Gasteiger partial charge on any atom is -0.372 e. The van der Waals surface area contributed by atoms with E-state index < -0.39 is 12.8 Å². The molecule has 0 saturated carbocycles. The third-order valence-electron chi connectivity index (χ3n) is 3.26. The van der Waals surface area contributed by atoms with Crippen LogP contribution < -0.4 is 5.32 Å². The minimum absolute atomic E-state index is 0.0879. The van der Waals surface area contributed by atoms with Crippen molar-refractivity contribution in [1.29, 1.82) is 0 Å².